The third-order valence-electron chi connectivity index (χ3n) is 4.53. The lowest BCUT2D eigenvalue weighted by Crippen LogP contribution is -1.99. The molecule has 0 unspecified atom stereocenters. The van der Waals surface area contributed by atoms with Gasteiger partial charge in [-0.25, -0.2) is 4.98 Å². The van der Waals surface area contributed by atoms with Crippen LogP contribution in [0.5, 0.6) is 5.75 Å². The summed E-state index contributed by atoms with van der Waals surface area (Å²) < 4.78 is 7.39. The van der Waals surface area contributed by atoms with E-state index in [0.717, 1.165) is 34.2 Å². The first-order valence-electron chi connectivity index (χ1n) is 8.61. The van der Waals surface area contributed by atoms with Gasteiger partial charge in [-0.1, -0.05) is 24.3 Å². The number of hydrogen-bond donors (Lipinski definition) is 1. The number of benzene rings is 2. The Hall–Kier alpha value is -3.27. The summed E-state index contributed by atoms with van der Waals surface area (Å²) in [6, 6.07) is 20.4. The number of rotatable bonds is 4. The van der Waals surface area contributed by atoms with E-state index in [1.54, 1.807) is 7.11 Å². The van der Waals surface area contributed by atoms with Crippen LogP contribution in [0.1, 0.15) is 11.1 Å². The molecule has 0 fully saturated rings. The molecule has 0 aliphatic carbocycles. The minimum atomic E-state index is 0.835. The number of para-hydroxylation sites is 1. The Kier molecular flexibility index (Phi) is 4.09. The van der Waals surface area contributed by atoms with Crippen LogP contribution >= 0.6 is 0 Å². The molecule has 0 bridgehead atoms. The fourth-order valence-electron chi connectivity index (χ4n) is 3.06. The predicted octanol–water partition coefficient (Wildman–Crippen LogP) is 5.37. The van der Waals surface area contributed by atoms with Crippen LogP contribution in [0.2, 0.25) is 0 Å². The lowest BCUT2D eigenvalue weighted by Gasteiger charge is -2.12. The van der Waals surface area contributed by atoms with Crippen LogP contribution < -0.4 is 10.1 Å². The molecule has 0 spiro atoms. The maximum absolute atomic E-state index is 5.28. The number of nitrogens with one attached hydrogen (secondary N) is 1. The summed E-state index contributed by atoms with van der Waals surface area (Å²) in [5, 5.41) is 3.59. The van der Waals surface area contributed by atoms with E-state index in [2.05, 4.69) is 48.0 Å². The second-order valence-electron chi connectivity index (χ2n) is 6.41. The molecule has 4 heteroatoms. The highest BCUT2D eigenvalue weighted by Crippen LogP contribution is 2.33. The third kappa shape index (κ3) is 2.90. The topological polar surface area (TPSA) is 38.6 Å². The van der Waals surface area contributed by atoms with E-state index in [4.69, 9.17) is 9.72 Å². The van der Waals surface area contributed by atoms with E-state index in [1.165, 1.54) is 11.1 Å². The summed E-state index contributed by atoms with van der Waals surface area (Å²) in [5.74, 6) is 1.80. The van der Waals surface area contributed by atoms with Gasteiger partial charge >= 0.3 is 0 Å². The average Bonchev–Trinajstić information content (AvgIpc) is 3.01. The van der Waals surface area contributed by atoms with E-state index >= 15 is 0 Å². The van der Waals surface area contributed by atoms with E-state index in [-0.39, 0.29) is 0 Å². The molecule has 0 saturated carbocycles. The molecule has 2 heterocycles. The first kappa shape index (κ1) is 16.2. The molecule has 0 amide bonds. The van der Waals surface area contributed by atoms with Gasteiger partial charge in [0.25, 0.3) is 0 Å². The van der Waals surface area contributed by atoms with Crippen LogP contribution in [-0.4, -0.2) is 16.5 Å². The van der Waals surface area contributed by atoms with Crippen molar-refractivity contribution >= 4 is 17.2 Å². The molecular formula is C22H21N3O. The normalized spacial score (nSPS) is 10.9. The van der Waals surface area contributed by atoms with Gasteiger partial charge in [-0.3, -0.25) is 4.40 Å². The zero-order valence-electron chi connectivity index (χ0n) is 15.2. The number of methoxy groups -OCH3 is 1. The van der Waals surface area contributed by atoms with Crippen molar-refractivity contribution in [1.29, 1.82) is 0 Å². The number of pyridine rings is 1. The highest BCUT2D eigenvalue weighted by atomic mass is 16.5. The Balaban J connectivity index is 1.89. The van der Waals surface area contributed by atoms with Crippen LogP contribution in [0.25, 0.3) is 16.9 Å². The fraction of sp³-hybridized carbons (Fsp3) is 0.136. The Morgan fingerprint density at radius 2 is 1.69 bits per heavy atom. The Morgan fingerprint density at radius 1 is 0.923 bits per heavy atom. The summed E-state index contributed by atoms with van der Waals surface area (Å²) >= 11 is 0. The van der Waals surface area contributed by atoms with Crippen molar-refractivity contribution in [3.8, 4) is 17.0 Å². The third-order valence-corrected chi connectivity index (χ3v) is 4.53. The maximum Gasteiger partial charge on any atom is 0.143 e. The van der Waals surface area contributed by atoms with Crippen molar-refractivity contribution in [2.45, 2.75) is 13.8 Å². The molecule has 0 saturated heterocycles. The quantitative estimate of drug-likeness (QED) is 0.541. The summed E-state index contributed by atoms with van der Waals surface area (Å²) in [4.78, 5) is 4.87. The van der Waals surface area contributed by atoms with Gasteiger partial charge in [-0.2, -0.15) is 0 Å². The summed E-state index contributed by atoms with van der Waals surface area (Å²) in [7, 11) is 1.67. The summed E-state index contributed by atoms with van der Waals surface area (Å²) in [6.45, 7) is 4.19. The lowest BCUT2D eigenvalue weighted by atomic mass is 10.1. The predicted molar refractivity (Wildman–Crippen MR) is 106 cm³/mol. The van der Waals surface area contributed by atoms with Gasteiger partial charge in [0.05, 0.1) is 7.11 Å². The molecule has 26 heavy (non-hydrogen) atoms. The van der Waals surface area contributed by atoms with Crippen LogP contribution in [0.4, 0.5) is 11.5 Å². The molecule has 2 aromatic heterocycles. The molecule has 4 rings (SSSR count). The number of imidazole rings is 1. The second-order valence-corrected chi connectivity index (χ2v) is 6.41. The molecule has 130 valence electrons. The van der Waals surface area contributed by atoms with Crippen molar-refractivity contribution in [1.82, 2.24) is 9.38 Å². The Labute approximate surface area is 153 Å². The summed E-state index contributed by atoms with van der Waals surface area (Å²) in [6.07, 6.45) is 2.11. The number of ether oxygens (including phenoxy) is 1. The van der Waals surface area contributed by atoms with Crippen LogP contribution in [-0.2, 0) is 0 Å². The van der Waals surface area contributed by atoms with Gasteiger partial charge < -0.3 is 10.1 Å². The standard InChI is InChI=1S/C22H21N3O/c1-15-8-13-20-24-21(17-9-11-18(26-3)12-10-17)22(25(20)14-15)23-19-7-5-4-6-16(19)2/h4-14,23H,1-3H3. The molecule has 1 N–H and O–H groups in total. The van der Waals surface area contributed by atoms with Crippen LogP contribution in [0, 0.1) is 13.8 Å². The molecule has 2 aromatic carbocycles. The minimum Gasteiger partial charge on any atom is -0.497 e. The van der Waals surface area contributed by atoms with Crippen molar-refractivity contribution in [2.75, 3.05) is 12.4 Å². The number of fused-ring (bicyclic) bond motifs is 1. The van der Waals surface area contributed by atoms with Crippen molar-refractivity contribution < 1.29 is 4.74 Å². The van der Waals surface area contributed by atoms with Crippen LogP contribution in [0.15, 0.2) is 66.9 Å². The van der Waals surface area contributed by atoms with E-state index in [1.807, 2.05) is 42.5 Å². The monoisotopic (exact) mass is 343 g/mol. The van der Waals surface area contributed by atoms with E-state index < -0.39 is 0 Å². The fourth-order valence-corrected chi connectivity index (χ4v) is 3.06. The van der Waals surface area contributed by atoms with Crippen molar-refractivity contribution in [3.05, 3.63) is 78.0 Å². The molecule has 0 aliphatic rings. The van der Waals surface area contributed by atoms with Gasteiger partial charge in [-0.05, 0) is 61.4 Å². The largest absolute Gasteiger partial charge is 0.497 e. The molecule has 4 aromatic rings. The SMILES string of the molecule is COc1ccc(-c2nc3ccc(C)cn3c2Nc2ccccc2C)cc1. The average molecular weight is 343 g/mol. The zero-order valence-corrected chi connectivity index (χ0v) is 15.2. The van der Waals surface area contributed by atoms with Gasteiger partial charge in [-0.15, -0.1) is 0 Å². The Bertz CT molecular complexity index is 1060. The highest BCUT2D eigenvalue weighted by molar-refractivity contribution is 5.80. The lowest BCUT2D eigenvalue weighted by molar-refractivity contribution is 0.415. The maximum atomic E-state index is 5.28. The number of aromatic nitrogens is 2. The molecule has 0 radical (unpaired) electrons. The molecule has 0 aliphatic heterocycles. The smallest absolute Gasteiger partial charge is 0.143 e. The summed E-state index contributed by atoms with van der Waals surface area (Å²) in [5.41, 5.74) is 6.33. The number of hydrogen-bond acceptors (Lipinski definition) is 3. The van der Waals surface area contributed by atoms with Gasteiger partial charge in [0, 0.05) is 17.4 Å². The minimum absolute atomic E-state index is 0.835. The van der Waals surface area contributed by atoms with Crippen molar-refractivity contribution in [3.63, 3.8) is 0 Å². The Morgan fingerprint density at radius 3 is 2.42 bits per heavy atom. The second kappa shape index (κ2) is 6.56. The first-order chi connectivity index (χ1) is 12.7. The highest BCUT2D eigenvalue weighted by Gasteiger charge is 2.15. The number of nitrogens with zero attached hydrogens (tertiary/aromatic N) is 2. The van der Waals surface area contributed by atoms with Gasteiger partial charge in [0.2, 0.25) is 0 Å². The number of aryl methyl sites for hydroxylation is 2. The van der Waals surface area contributed by atoms with Crippen LogP contribution in [0.3, 0.4) is 0 Å². The van der Waals surface area contributed by atoms with Crippen molar-refractivity contribution in [2.24, 2.45) is 0 Å². The number of anilines is 2. The first-order valence-corrected chi connectivity index (χ1v) is 8.61. The van der Waals surface area contributed by atoms with E-state index in [9.17, 15) is 0 Å². The zero-order chi connectivity index (χ0) is 18.1. The van der Waals surface area contributed by atoms with Gasteiger partial charge in [0.1, 0.15) is 22.9 Å². The molecule has 0 atom stereocenters. The van der Waals surface area contributed by atoms with Gasteiger partial charge in [0.15, 0.2) is 0 Å². The van der Waals surface area contributed by atoms with E-state index in [0.29, 0.717) is 0 Å². The molecular weight excluding hydrogens is 322 g/mol. The molecule has 4 nitrogen and oxygen atoms in total.